The molecule has 126 valence electrons. The summed E-state index contributed by atoms with van der Waals surface area (Å²) in [5, 5.41) is 5.46. The molecule has 24 heavy (non-hydrogen) atoms. The number of carbonyl (C=O) groups is 2. The van der Waals surface area contributed by atoms with Gasteiger partial charge in [0, 0.05) is 19.2 Å². The van der Waals surface area contributed by atoms with Gasteiger partial charge in [0.25, 0.3) is 5.91 Å². The largest absolute Gasteiger partial charge is 0.497 e. The van der Waals surface area contributed by atoms with E-state index < -0.39 is 0 Å². The van der Waals surface area contributed by atoms with E-state index in [1.54, 1.807) is 43.5 Å². The second kappa shape index (κ2) is 8.57. The molecular formula is C18H20N2O4. The molecule has 0 aliphatic rings. The van der Waals surface area contributed by atoms with E-state index in [0.29, 0.717) is 12.3 Å². The van der Waals surface area contributed by atoms with Gasteiger partial charge in [0.2, 0.25) is 5.91 Å². The lowest BCUT2D eigenvalue weighted by Crippen LogP contribution is -2.28. The van der Waals surface area contributed by atoms with Crippen LogP contribution in [0.15, 0.2) is 48.5 Å². The first kappa shape index (κ1) is 17.3. The molecule has 6 heteroatoms. The number of amides is 2. The molecule has 0 atom stereocenters. The summed E-state index contributed by atoms with van der Waals surface area (Å²) in [6, 6.07) is 14.3. The van der Waals surface area contributed by atoms with Gasteiger partial charge in [-0.2, -0.15) is 0 Å². The van der Waals surface area contributed by atoms with Gasteiger partial charge >= 0.3 is 0 Å². The minimum Gasteiger partial charge on any atom is -0.497 e. The van der Waals surface area contributed by atoms with E-state index in [-0.39, 0.29) is 18.4 Å². The van der Waals surface area contributed by atoms with Crippen molar-refractivity contribution in [1.82, 2.24) is 5.32 Å². The van der Waals surface area contributed by atoms with Crippen LogP contribution in [-0.4, -0.2) is 25.5 Å². The average Bonchev–Trinajstić information content (AvgIpc) is 2.59. The highest BCUT2D eigenvalue weighted by Crippen LogP contribution is 2.16. The molecule has 2 N–H and O–H groups in total. The number of hydrogen-bond donors (Lipinski definition) is 2. The third-order valence-corrected chi connectivity index (χ3v) is 3.19. The van der Waals surface area contributed by atoms with Gasteiger partial charge in [-0.25, -0.2) is 0 Å². The highest BCUT2D eigenvalue weighted by Gasteiger charge is 2.04. The van der Waals surface area contributed by atoms with Crippen LogP contribution in [0.2, 0.25) is 0 Å². The number of rotatable bonds is 7. The van der Waals surface area contributed by atoms with Gasteiger partial charge in [-0.05, 0) is 42.0 Å². The molecule has 0 saturated carbocycles. The third kappa shape index (κ3) is 5.64. The minimum atomic E-state index is -0.211. The standard InChI is InChI=1S/C18H20N2O4/c1-13(21)20-15-5-3-14(4-6-15)11-19-18(22)12-24-17-9-7-16(23-2)8-10-17/h3-10H,11-12H2,1-2H3,(H,19,22)(H,20,21). The van der Waals surface area contributed by atoms with Crippen LogP contribution in [0.25, 0.3) is 0 Å². The van der Waals surface area contributed by atoms with E-state index in [2.05, 4.69) is 10.6 Å². The van der Waals surface area contributed by atoms with Crippen LogP contribution in [0.4, 0.5) is 5.69 Å². The fraction of sp³-hybridized carbons (Fsp3) is 0.222. The van der Waals surface area contributed by atoms with Gasteiger partial charge in [0.15, 0.2) is 6.61 Å². The Morgan fingerprint density at radius 3 is 2.17 bits per heavy atom. The van der Waals surface area contributed by atoms with Crippen LogP contribution in [0, 0.1) is 0 Å². The molecule has 0 aromatic heterocycles. The lowest BCUT2D eigenvalue weighted by molar-refractivity contribution is -0.123. The van der Waals surface area contributed by atoms with E-state index in [9.17, 15) is 9.59 Å². The lowest BCUT2D eigenvalue weighted by atomic mass is 10.2. The van der Waals surface area contributed by atoms with E-state index in [4.69, 9.17) is 9.47 Å². The van der Waals surface area contributed by atoms with Gasteiger partial charge in [0.05, 0.1) is 7.11 Å². The van der Waals surface area contributed by atoms with Gasteiger partial charge in [0.1, 0.15) is 11.5 Å². The van der Waals surface area contributed by atoms with Gasteiger partial charge in [-0.1, -0.05) is 12.1 Å². The molecular weight excluding hydrogens is 308 g/mol. The monoisotopic (exact) mass is 328 g/mol. The van der Waals surface area contributed by atoms with Crippen LogP contribution in [0.1, 0.15) is 12.5 Å². The highest BCUT2D eigenvalue weighted by atomic mass is 16.5. The maximum atomic E-state index is 11.8. The molecule has 0 unspecified atom stereocenters. The van der Waals surface area contributed by atoms with Crippen LogP contribution in [0.3, 0.4) is 0 Å². The van der Waals surface area contributed by atoms with Crippen molar-refractivity contribution in [3.05, 3.63) is 54.1 Å². The summed E-state index contributed by atoms with van der Waals surface area (Å²) in [5.74, 6) is 1.00. The Hall–Kier alpha value is -3.02. The summed E-state index contributed by atoms with van der Waals surface area (Å²) in [6.45, 7) is 1.79. The molecule has 2 aromatic carbocycles. The fourth-order valence-electron chi connectivity index (χ4n) is 1.98. The first-order chi connectivity index (χ1) is 11.6. The quantitative estimate of drug-likeness (QED) is 0.818. The van der Waals surface area contributed by atoms with Gasteiger partial charge < -0.3 is 20.1 Å². The molecule has 0 radical (unpaired) electrons. The van der Waals surface area contributed by atoms with E-state index in [0.717, 1.165) is 17.0 Å². The van der Waals surface area contributed by atoms with Gasteiger partial charge in [-0.15, -0.1) is 0 Å². The predicted molar refractivity (Wildman–Crippen MR) is 91.1 cm³/mol. The van der Waals surface area contributed by atoms with E-state index in [1.165, 1.54) is 6.92 Å². The second-order valence-corrected chi connectivity index (χ2v) is 5.12. The van der Waals surface area contributed by atoms with Crippen molar-refractivity contribution in [2.45, 2.75) is 13.5 Å². The van der Waals surface area contributed by atoms with E-state index >= 15 is 0 Å². The van der Waals surface area contributed by atoms with Gasteiger partial charge in [-0.3, -0.25) is 9.59 Å². The van der Waals surface area contributed by atoms with Crippen molar-refractivity contribution in [2.75, 3.05) is 19.0 Å². The molecule has 0 saturated heterocycles. The first-order valence-electron chi connectivity index (χ1n) is 7.47. The van der Waals surface area contributed by atoms with Crippen molar-refractivity contribution in [1.29, 1.82) is 0 Å². The molecule has 2 amide bonds. The molecule has 0 spiro atoms. The molecule has 0 bridgehead atoms. The lowest BCUT2D eigenvalue weighted by Gasteiger charge is -2.09. The van der Waals surface area contributed by atoms with Crippen LogP contribution < -0.4 is 20.1 Å². The van der Waals surface area contributed by atoms with Crippen molar-refractivity contribution < 1.29 is 19.1 Å². The van der Waals surface area contributed by atoms with Crippen molar-refractivity contribution >= 4 is 17.5 Å². The molecule has 0 aliphatic heterocycles. The summed E-state index contributed by atoms with van der Waals surface area (Å²) in [7, 11) is 1.59. The SMILES string of the molecule is COc1ccc(OCC(=O)NCc2ccc(NC(C)=O)cc2)cc1. The first-order valence-corrected chi connectivity index (χ1v) is 7.47. The number of benzene rings is 2. The third-order valence-electron chi connectivity index (χ3n) is 3.19. The highest BCUT2D eigenvalue weighted by molar-refractivity contribution is 5.88. The second-order valence-electron chi connectivity index (χ2n) is 5.12. The van der Waals surface area contributed by atoms with Crippen molar-refractivity contribution in [2.24, 2.45) is 0 Å². The maximum Gasteiger partial charge on any atom is 0.258 e. The van der Waals surface area contributed by atoms with Crippen molar-refractivity contribution in [3.8, 4) is 11.5 Å². The number of hydrogen-bond acceptors (Lipinski definition) is 4. The molecule has 0 fully saturated rings. The molecule has 0 aliphatic carbocycles. The maximum absolute atomic E-state index is 11.8. The summed E-state index contributed by atoms with van der Waals surface area (Å²) < 4.78 is 10.5. The van der Waals surface area contributed by atoms with Crippen LogP contribution in [0.5, 0.6) is 11.5 Å². The number of ether oxygens (including phenoxy) is 2. The number of methoxy groups -OCH3 is 1. The smallest absolute Gasteiger partial charge is 0.258 e. The zero-order valence-corrected chi connectivity index (χ0v) is 13.7. The number of carbonyl (C=O) groups excluding carboxylic acids is 2. The average molecular weight is 328 g/mol. The van der Waals surface area contributed by atoms with Crippen LogP contribution >= 0.6 is 0 Å². The molecule has 0 heterocycles. The van der Waals surface area contributed by atoms with Crippen molar-refractivity contribution in [3.63, 3.8) is 0 Å². The Morgan fingerprint density at radius 2 is 1.58 bits per heavy atom. The Morgan fingerprint density at radius 1 is 0.958 bits per heavy atom. The predicted octanol–water partition coefficient (Wildman–Crippen LogP) is 2.35. The molecule has 2 aromatic rings. The minimum absolute atomic E-state index is 0.0592. The summed E-state index contributed by atoms with van der Waals surface area (Å²) in [6.07, 6.45) is 0. The molecule has 6 nitrogen and oxygen atoms in total. The number of nitrogens with one attached hydrogen (secondary N) is 2. The summed E-state index contributed by atoms with van der Waals surface area (Å²) in [5.41, 5.74) is 1.65. The fourth-order valence-corrected chi connectivity index (χ4v) is 1.98. The Bertz CT molecular complexity index is 681. The topological polar surface area (TPSA) is 76.7 Å². The van der Waals surface area contributed by atoms with E-state index in [1.807, 2.05) is 12.1 Å². The summed E-state index contributed by atoms with van der Waals surface area (Å²) in [4.78, 5) is 22.8. The molecule has 2 rings (SSSR count). The zero-order chi connectivity index (χ0) is 17.4. The Balaban J connectivity index is 1.75. The Labute approximate surface area is 140 Å². The zero-order valence-electron chi connectivity index (χ0n) is 13.7. The summed E-state index contributed by atoms with van der Waals surface area (Å²) >= 11 is 0. The number of anilines is 1. The Kier molecular flexibility index (Phi) is 6.19. The normalized spacial score (nSPS) is 9.92. The van der Waals surface area contributed by atoms with Crippen LogP contribution in [-0.2, 0) is 16.1 Å².